The molecular formula is C8H12F3N3O. The first-order chi connectivity index (χ1) is 6.85. The zero-order chi connectivity index (χ0) is 11.7. The largest absolute Gasteiger partial charge is 0.433 e. The van der Waals surface area contributed by atoms with E-state index in [1.165, 1.54) is 14.0 Å². The molecule has 0 aliphatic rings. The van der Waals surface area contributed by atoms with Gasteiger partial charge in [-0.2, -0.15) is 18.3 Å². The summed E-state index contributed by atoms with van der Waals surface area (Å²) in [5.41, 5.74) is 3.20. The van der Waals surface area contributed by atoms with E-state index in [9.17, 15) is 13.2 Å². The Bertz CT molecular complexity index is 330. The predicted molar refractivity (Wildman–Crippen MR) is 47.0 cm³/mol. The van der Waals surface area contributed by atoms with Crippen LogP contribution in [-0.2, 0) is 16.5 Å². The topological polar surface area (TPSA) is 63.9 Å². The van der Waals surface area contributed by atoms with E-state index >= 15 is 0 Å². The normalized spacial score (nSPS) is 16.4. The van der Waals surface area contributed by atoms with Crippen LogP contribution in [0.25, 0.3) is 0 Å². The van der Waals surface area contributed by atoms with Crippen LogP contribution in [0.3, 0.4) is 0 Å². The molecular weight excluding hydrogens is 211 g/mol. The van der Waals surface area contributed by atoms with Gasteiger partial charge in [0.25, 0.3) is 0 Å². The van der Waals surface area contributed by atoms with Crippen LogP contribution < -0.4 is 5.73 Å². The summed E-state index contributed by atoms with van der Waals surface area (Å²) >= 11 is 0. The van der Waals surface area contributed by atoms with E-state index in [1.54, 1.807) is 0 Å². The van der Waals surface area contributed by atoms with E-state index in [2.05, 4.69) is 5.10 Å². The third-order valence-corrected chi connectivity index (χ3v) is 2.33. The Kier molecular flexibility index (Phi) is 3.05. The molecule has 3 N–H and O–H groups in total. The number of nitrogens with zero attached hydrogens (tertiary/aromatic N) is 1. The summed E-state index contributed by atoms with van der Waals surface area (Å²) in [6, 6.07) is 0. The number of methoxy groups -OCH3 is 1. The first-order valence-corrected chi connectivity index (χ1v) is 4.21. The van der Waals surface area contributed by atoms with Gasteiger partial charge in [0, 0.05) is 19.2 Å². The molecule has 0 aromatic carbocycles. The summed E-state index contributed by atoms with van der Waals surface area (Å²) in [6.45, 7) is 1.42. The Labute approximate surface area is 84.6 Å². The van der Waals surface area contributed by atoms with Crippen molar-refractivity contribution in [3.8, 4) is 0 Å². The number of halogens is 3. The summed E-state index contributed by atoms with van der Waals surface area (Å²) in [7, 11) is 1.31. The first-order valence-electron chi connectivity index (χ1n) is 4.21. The number of H-pyrrole nitrogens is 1. The van der Waals surface area contributed by atoms with E-state index in [0.717, 1.165) is 6.20 Å². The minimum atomic E-state index is -4.49. The van der Waals surface area contributed by atoms with Crippen molar-refractivity contribution in [2.24, 2.45) is 5.73 Å². The molecule has 0 aliphatic heterocycles. The smallest absolute Gasteiger partial charge is 0.372 e. The second-order valence-corrected chi connectivity index (χ2v) is 3.30. The van der Waals surface area contributed by atoms with Crippen LogP contribution in [0.4, 0.5) is 13.2 Å². The minimum Gasteiger partial charge on any atom is -0.372 e. The van der Waals surface area contributed by atoms with Crippen molar-refractivity contribution in [2.45, 2.75) is 18.7 Å². The summed E-state index contributed by atoms with van der Waals surface area (Å²) in [4.78, 5) is 0. The molecule has 0 bridgehead atoms. The zero-order valence-corrected chi connectivity index (χ0v) is 8.35. The molecule has 7 heteroatoms. The monoisotopic (exact) mass is 223 g/mol. The predicted octanol–water partition coefficient (Wildman–Crippen LogP) is 1.25. The van der Waals surface area contributed by atoms with Gasteiger partial charge < -0.3 is 10.5 Å². The number of nitrogens with two attached hydrogens (primary N) is 1. The molecule has 86 valence electrons. The number of nitrogens with one attached hydrogen (secondary N) is 1. The van der Waals surface area contributed by atoms with Gasteiger partial charge in [-0.1, -0.05) is 0 Å². The van der Waals surface area contributed by atoms with E-state index in [1.807, 2.05) is 5.10 Å². The van der Waals surface area contributed by atoms with Gasteiger partial charge in [-0.3, -0.25) is 5.10 Å². The number of rotatable bonds is 3. The van der Waals surface area contributed by atoms with Crippen LogP contribution in [0.2, 0.25) is 0 Å². The zero-order valence-electron chi connectivity index (χ0n) is 8.35. The van der Waals surface area contributed by atoms with E-state index < -0.39 is 17.5 Å². The van der Waals surface area contributed by atoms with E-state index in [0.29, 0.717) is 0 Å². The van der Waals surface area contributed by atoms with Gasteiger partial charge in [-0.05, 0) is 6.92 Å². The Morgan fingerprint density at radius 2 is 2.13 bits per heavy atom. The maximum atomic E-state index is 12.5. The lowest BCUT2D eigenvalue weighted by Crippen LogP contribution is -2.35. The highest BCUT2D eigenvalue weighted by Gasteiger charge is 2.41. The fourth-order valence-electron chi connectivity index (χ4n) is 1.21. The molecule has 0 radical (unpaired) electrons. The van der Waals surface area contributed by atoms with Crippen molar-refractivity contribution in [1.29, 1.82) is 0 Å². The number of hydrogen-bond donors (Lipinski definition) is 2. The van der Waals surface area contributed by atoms with E-state index in [-0.39, 0.29) is 12.1 Å². The molecule has 0 amide bonds. The number of ether oxygens (including phenoxy) is 1. The van der Waals surface area contributed by atoms with Crippen molar-refractivity contribution in [3.05, 3.63) is 17.5 Å². The van der Waals surface area contributed by atoms with Crippen molar-refractivity contribution >= 4 is 0 Å². The van der Waals surface area contributed by atoms with Gasteiger partial charge >= 0.3 is 6.18 Å². The molecule has 0 saturated carbocycles. The fourth-order valence-corrected chi connectivity index (χ4v) is 1.21. The van der Waals surface area contributed by atoms with Crippen molar-refractivity contribution in [2.75, 3.05) is 13.7 Å². The highest BCUT2D eigenvalue weighted by molar-refractivity contribution is 5.26. The highest BCUT2D eigenvalue weighted by atomic mass is 19.4. The van der Waals surface area contributed by atoms with Crippen LogP contribution in [0, 0.1) is 0 Å². The third-order valence-electron chi connectivity index (χ3n) is 2.33. The molecule has 1 heterocycles. The van der Waals surface area contributed by atoms with Gasteiger partial charge in [0.15, 0.2) is 0 Å². The maximum absolute atomic E-state index is 12.5. The lowest BCUT2D eigenvalue weighted by molar-refractivity contribution is -0.144. The Hall–Kier alpha value is -1.08. The summed E-state index contributed by atoms with van der Waals surface area (Å²) in [6.07, 6.45) is -3.40. The van der Waals surface area contributed by atoms with Crippen LogP contribution in [0.5, 0.6) is 0 Å². The van der Waals surface area contributed by atoms with Gasteiger partial charge in [-0.25, -0.2) is 0 Å². The molecule has 15 heavy (non-hydrogen) atoms. The molecule has 1 aromatic heterocycles. The quantitative estimate of drug-likeness (QED) is 0.810. The van der Waals surface area contributed by atoms with Crippen LogP contribution in [0.1, 0.15) is 18.2 Å². The maximum Gasteiger partial charge on any atom is 0.433 e. The first kappa shape index (κ1) is 12.0. The summed E-state index contributed by atoms with van der Waals surface area (Å²) in [5, 5.41) is 5.28. The Morgan fingerprint density at radius 1 is 1.53 bits per heavy atom. The molecule has 1 atom stereocenters. The number of aromatic nitrogens is 2. The number of aromatic amines is 1. The average Bonchev–Trinajstić information content (AvgIpc) is 2.65. The standard InChI is InChI=1S/C8H12F3N3O/c1-7(4-12,15-2)5-3-13-14-6(5)8(9,10)11/h3H,4,12H2,1-2H3,(H,13,14). The van der Waals surface area contributed by atoms with Crippen molar-refractivity contribution < 1.29 is 17.9 Å². The molecule has 1 aromatic rings. The molecule has 0 saturated heterocycles. The molecule has 0 fully saturated rings. The number of alkyl halides is 3. The van der Waals surface area contributed by atoms with Gasteiger partial charge in [0.05, 0.1) is 6.20 Å². The molecule has 0 spiro atoms. The van der Waals surface area contributed by atoms with Crippen LogP contribution in [0.15, 0.2) is 6.20 Å². The molecule has 0 aliphatic carbocycles. The second kappa shape index (κ2) is 3.82. The Morgan fingerprint density at radius 3 is 2.53 bits per heavy atom. The van der Waals surface area contributed by atoms with Crippen LogP contribution in [-0.4, -0.2) is 23.9 Å². The van der Waals surface area contributed by atoms with Gasteiger partial charge in [-0.15, -0.1) is 0 Å². The Balaban J connectivity index is 3.21. The SMILES string of the molecule is COC(C)(CN)c1cn[nH]c1C(F)(F)F. The summed E-state index contributed by atoms with van der Waals surface area (Å²) < 4.78 is 42.5. The van der Waals surface area contributed by atoms with Crippen molar-refractivity contribution in [3.63, 3.8) is 0 Å². The third kappa shape index (κ3) is 2.13. The van der Waals surface area contributed by atoms with Gasteiger partial charge in [0.2, 0.25) is 0 Å². The molecule has 1 unspecified atom stereocenters. The average molecular weight is 223 g/mol. The lowest BCUT2D eigenvalue weighted by Gasteiger charge is -2.26. The van der Waals surface area contributed by atoms with Crippen molar-refractivity contribution in [1.82, 2.24) is 10.2 Å². The minimum absolute atomic E-state index is 0.0634. The lowest BCUT2D eigenvalue weighted by atomic mass is 9.96. The summed E-state index contributed by atoms with van der Waals surface area (Å²) in [5.74, 6) is 0. The molecule has 1 rings (SSSR count). The highest BCUT2D eigenvalue weighted by Crippen LogP contribution is 2.35. The second-order valence-electron chi connectivity index (χ2n) is 3.30. The van der Waals surface area contributed by atoms with Crippen LogP contribution >= 0.6 is 0 Å². The molecule has 4 nitrogen and oxygen atoms in total. The number of hydrogen-bond acceptors (Lipinski definition) is 3. The fraction of sp³-hybridized carbons (Fsp3) is 0.625. The van der Waals surface area contributed by atoms with Gasteiger partial charge in [0.1, 0.15) is 11.3 Å². The van der Waals surface area contributed by atoms with E-state index in [4.69, 9.17) is 10.5 Å².